The van der Waals surface area contributed by atoms with Crippen molar-refractivity contribution in [2.75, 3.05) is 0 Å². The zero-order valence-corrected chi connectivity index (χ0v) is 9.87. The number of ketones is 1. The summed E-state index contributed by atoms with van der Waals surface area (Å²) in [5.74, 6) is 1.21. The van der Waals surface area contributed by atoms with Gasteiger partial charge < -0.3 is 4.74 Å². The number of hydrogen-bond donors (Lipinski definition) is 0. The van der Waals surface area contributed by atoms with Gasteiger partial charge in [0.25, 0.3) is 0 Å². The van der Waals surface area contributed by atoms with E-state index < -0.39 is 0 Å². The van der Waals surface area contributed by atoms with Crippen LogP contribution in [0.15, 0.2) is 0 Å². The van der Waals surface area contributed by atoms with E-state index in [0.717, 1.165) is 19.3 Å². The summed E-state index contributed by atoms with van der Waals surface area (Å²) in [6.07, 6.45) is 7.11. The minimum absolute atomic E-state index is 0.171. The van der Waals surface area contributed by atoms with Gasteiger partial charge in [0.15, 0.2) is 0 Å². The van der Waals surface area contributed by atoms with Crippen molar-refractivity contribution in [2.24, 2.45) is 11.8 Å². The molecular formula is C13H22O2. The van der Waals surface area contributed by atoms with E-state index in [1.807, 2.05) is 0 Å². The average molecular weight is 210 g/mol. The van der Waals surface area contributed by atoms with Gasteiger partial charge >= 0.3 is 0 Å². The largest absolute Gasteiger partial charge is 0.374 e. The summed E-state index contributed by atoms with van der Waals surface area (Å²) < 4.78 is 5.88. The number of ether oxygens (including phenoxy) is 1. The maximum absolute atomic E-state index is 12.1. The fourth-order valence-corrected chi connectivity index (χ4v) is 3.26. The Morgan fingerprint density at radius 2 is 2.20 bits per heavy atom. The second-order valence-electron chi connectivity index (χ2n) is 5.07. The molecule has 86 valence electrons. The SMILES string of the molecule is CCCCC(=O)[C@H]1[C@H]2CCC[C@@H]2O[C@H]1C. The molecular weight excluding hydrogens is 188 g/mol. The molecule has 0 aromatic heterocycles. The highest BCUT2D eigenvalue weighted by Crippen LogP contribution is 2.43. The minimum atomic E-state index is 0.171. The van der Waals surface area contributed by atoms with E-state index in [2.05, 4.69) is 13.8 Å². The van der Waals surface area contributed by atoms with Crippen LogP contribution in [0.5, 0.6) is 0 Å². The van der Waals surface area contributed by atoms with E-state index in [1.54, 1.807) is 0 Å². The van der Waals surface area contributed by atoms with Gasteiger partial charge in [0.2, 0.25) is 0 Å². The lowest BCUT2D eigenvalue weighted by Crippen LogP contribution is -2.27. The molecule has 0 amide bonds. The summed E-state index contributed by atoms with van der Waals surface area (Å²) in [4.78, 5) is 12.1. The van der Waals surface area contributed by atoms with Crippen molar-refractivity contribution in [1.82, 2.24) is 0 Å². The van der Waals surface area contributed by atoms with Crippen LogP contribution in [0, 0.1) is 11.8 Å². The summed E-state index contributed by atoms with van der Waals surface area (Å²) >= 11 is 0. The van der Waals surface area contributed by atoms with Crippen LogP contribution in [-0.4, -0.2) is 18.0 Å². The standard InChI is InChI=1S/C13H22O2/c1-3-4-7-11(14)13-9(2)15-12-8-5-6-10(12)13/h9-10,12-13H,3-8H2,1-2H3/t9-,10-,12-,13+/m0/s1. The van der Waals surface area contributed by atoms with Gasteiger partial charge in [-0.15, -0.1) is 0 Å². The number of carbonyl (C=O) groups is 1. The Morgan fingerprint density at radius 1 is 1.40 bits per heavy atom. The molecule has 0 N–H and O–H groups in total. The van der Waals surface area contributed by atoms with Crippen LogP contribution in [-0.2, 0) is 9.53 Å². The molecule has 0 radical (unpaired) electrons. The molecule has 15 heavy (non-hydrogen) atoms. The van der Waals surface area contributed by atoms with Crippen molar-refractivity contribution < 1.29 is 9.53 Å². The van der Waals surface area contributed by atoms with Crippen molar-refractivity contribution >= 4 is 5.78 Å². The second-order valence-corrected chi connectivity index (χ2v) is 5.07. The molecule has 2 rings (SSSR count). The first-order valence-electron chi connectivity index (χ1n) is 6.42. The van der Waals surface area contributed by atoms with Gasteiger partial charge in [0.05, 0.1) is 12.2 Å². The van der Waals surface area contributed by atoms with Crippen molar-refractivity contribution in [3.8, 4) is 0 Å². The summed E-state index contributed by atoms with van der Waals surface area (Å²) in [6.45, 7) is 4.22. The predicted octanol–water partition coefficient (Wildman–Crippen LogP) is 2.95. The van der Waals surface area contributed by atoms with Crippen LogP contribution in [0.3, 0.4) is 0 Å². The van der Waals surface area contributed by atoms with E-state index in [-0.39, 0.29) is 12.0 Å². The Kier molecular flexibility index (Phi) is 3.45. The molecule has 1 aliphatic carbocycles. The molecule has 0 unspecified atom stereocenters. The quantitative estimate of drug-likeness (QED) is 0.713. The third-order valence-corrected chi connectivity index (χ3v) is 4.01. The minimum Gasteiger partial charge on any atom is -0.374 e. The number of fused-ring (bicyclic) bond motifs is 1. The molecule has 2 aliphatic rings. The maximum Gasteiger partial charge on any atom is 0.138 e. The molecule has 1 heterocycles. The van der Waals surface area contributed by atoms with Gasteiger partial charge in [-0.05, 0) is 32.1 Å². The number of unbranched alkanes of at least 4 members (excludes halogenated alkanes) is 1. The van der Waals surface area contributed by atoms with Gasteiger partial charge in [-0.2, -0.15) is 0 Å². The van der Waals surface area contributed by atoms with E-state index >= 15 is 0 Å². The topological polar surface area (TPSA) is 26.3 Å². The summed E-state index contributed by atoms with van der Waals surface area (Å²) in [6, 6.07) is 0. The van der Waals surface area contributed by atoms with E-state index in [1.165, 1.54) is 19.3 Å². The highest BCUT2D eigenvalue weighted by Gasteiger charge is 2.47. The Bertz CT molecular complexity index is 237. The van der Waals surface area contributed by atoms with Gasteiger partial charge in [0.1, 0.15) is 5.78 Å². The van der Waals surface area contributed by atoms with E-state index in [0.29, 0.717) is 17.8 Å². The summed E-state index contributed by atoms with van der Waals surface area (Å²) in [5, 5.41) is 0. The Balaban J connectivity index is 1.97. The highest BCUT2D eigenvalue weighted by atomic mass is 16.5. The van der Waals surface area contributed by atoms with Crippen molar-refractivity contribution in [3.63, 3.8) is 0 Å². The van der Waals surface area contributed by atoms with Crippen LogP contribution in [0.2, 0.25) is 0 Å². The number of carbonyl (C=O) groups excluding carboxylic acids is 1. The van der Waals surface area contributed by atoms with Gasteiger partial charge in [-0.3, -0.25) is 4.79 Å². The van der Waals surface area contributed by atoms with Gasteiger partial charge in [-0.25, -0.2) is 0 Å². The predicted molar refractivity (Wildman–Crippen MR) is 59.7 cm³/mol. The first-order valence-corrected chi connectivity index (χ1v) is 6.42. The number of Topliss-reactive ketones (excluding diaryl/α,β-unsaturated/α-hetero) is 1. The van der Waals surface area contributed by atoms with Gasteiger partial charge in [0, 0.05) is 12.3 Å². The first kappa shape index (κ1) is 11.1. The number of hydrogen-bond acceptors (Lipinski definition) is 2. The summed E-state index contributed by atoms with van der Waals surface area (Å²) in [5.41, 5.74) is 0. The molecule has 1 aliphatic heterocycles. The first-order chi connectivity index (χ1) is 7.24. The monoisotopic (exact) mass is 210 g/mol. The fourth-order valence-electron chi connectivity index (χ4n) is 3.26. The zero-order valence-electron chi connectivity index (χ0n) is 9.87. The lowest BCUT2D eigenvalue weighted by molar-refractivity contribution is -0.125. The lowest BCUT2D eigenvalue weighted by Gasteiger charge is -2.17. The Morgan fingerprint density at radius 3 is 2.93 bits per heavy atom. The second kappa shape index (κ2) is 4.65. The Labute approximate surface area is 92.4 Å². The molecule has 4 atom stereocenters. The molecule has 2 fully saturated rings. The number of rotatable bonds is 4. The molecule has 0 aromatic carbocycles. The highest BCUT2D eigenvalue weighted by molar-refractivity contribution is 5.82. The Hall–Kier alpha value is -0.370. The van der Waals surface area contributed by atoms with E-state index in [4.69, 9.17) is 4.74 Å². The van der Waals surface area contributed by atoms with Crippen LogP contribution in [0.1, 0.15) is 52.4 Å². The fraction of sp³-hybridized carbons (Fsp3) is 0.923. The van der Waals surface area contributed by atoms with Crippen LogP contribution in [0.25, 0.3) is 0 Å². The molecule has 0 aromatic rings. The normalized spacial score (nSPS) is 39.3. The van der Waals surface area contributed by atoms with Crippen LogP contribution < -0.4 is 0 Å². The molecule has 2 heteroatoms. The molecule has 0 bridgehead atoms. The zero-order chi connectivity index (χ0) is 10.8. The smallest absolute Gasteiger partial charge is 0.138 e. The molecule has 0 spiro atoms. The molecule has 1 saturated heterocycles. The van der Waals surface area contributed by atoms with Crippen LogP contribution >= 0.6 is 0 Å². The third-order valence-electron chi connectivity index (χ3n) is 4.01. The third kappa shape index (κ3) is 2.10. The van der Waals surface area contributed by atoms with Crippen molar-refractivity contribution in [2.45, 2.75) is 64.6 Å². The van der Waals surface area contributed by atoms with E-state index in [9.17, 15) is 4.79 Å². The maximum atomic E-state index is 12.1. The van der Waals surface area contributed by atoms with Gasteiger partial charge in [-0.1, -0.05) is 19.8 Å². The molecule has 1 saturated carbocycles. The lowest BCUT2D eigenvalue weighted by atomic mass is 9.83. The average Bonchev–Trinajstić information content (AvgIpc) is 2.73. The molecule has 2 nitrogen and oxygen atoms in total. The summed E-state index contributed by atoms with van der Waals surface area (Å²) in [7, 11) is 0. The van der Waals surface area contributed by atoms with Crippen LogP contribution in [0.4, 0.5) is 0 Å². The van der Waals surface area contributed by atoms with Crippen molar-refractivity contribution in [3.05, 3.63) is 0 Å². The van der Waals surface area contributed by atoms with Crippen molar-refractivity contribution in [1.29, 1.82) is 0 Å².